The van der Waals surface area contributed by atoms with Crippen LogP contribution in [0.3, 0.4) is 0 Å². The number of nitrogens with two attached hydrogens (primary N) is 1. The predicted octanol–water partition coefficient (Wildman–Crippen LogP) is 0.343. The van der Waals surface area contributed by atoms with Crippen LogP contribution in [0.5, 0.6) is 0 Å². The topological polar surface area (TPSA) is 84.5 Å². The minimum Gasteiger partial charge on any atom is -0.394 e. The van der Waals surface area contributed by atoms with Gasteiger partial charge in [0.25, 0.3) is 0 Å². The first-order valence-corrected chi connectivity index (χ1v) is 6.04. The van der Waals surface area contributed by atoms with Crippen LogP contribution in [0.2, 0.25) is 0 Å². The Bertz CT molecular complexity index is 436. The molecule has 2 rings (SSSR count). The van der Waals surface area contributed by atoms with Crippen LogP contribution in [0.25, 0.3) is 0 Å². The second kappa shape index (κ2) is 4.70. The Labute approximate surface area is 107 Å². The Morgan fingerprint density at radius 2 is 2.33 bits per heavy atom. The van der Waals surface area contributed by atoms with Crippen molar-refractivity contribution in [3.63, 3.8) is 0 Å². The van der Waals surface area contributed by atoms with Gasteiger partial charge in [-0.25, -0.2) is 4.98 Å². The van der Waals surface area contributed by atoms with Crippen LogP contribution < -0.4 is 10.6 Å². The number of anilines is 2. The van der Waals surface area contributed by atoms with Gasteiger partial charge in [0.2, 0.25) is 5.95 Å². The molecule has 0 aliphatic carbocycles. The van der Waals surface area contributed by atoms with Crippen LogP contribution >= 0.6 is 0 Å². The molecule has 6 heteroatoms. The summed E-state index contributed by atoms with van der Waals surface area (Å²) in [6.45, 7) is 7.27. The maximum atomic E-state index is 9.30. The van der Waals surface area contributed by atoms with E-state index in [2.05, 4.69) is 14.9 Å². The van der Waals surface area contributed by atoms with Gasteiger partial charge < -0.3 is 20.5 Å². The number of aliphatic hydroxyl groups excluding tert-OH is 1. The van der Waals surface area contributed by atoms with Gasteiger partial charge in [-0.1, -0.05) is 0 Å². The molecule has 0 amide bonds. The number of nitrogens with zero attached hydrogens (tertiary/aromatic N) is 3. The third-order valence-electron chi connectivity index (χ3n) is 2.95. The van der Waals surface area contributed by atoms with E-state index < -0.39 is 0 Å². The van der Waals surface area contributed by atoms with Gasteiger partial charge in [-0.2, -0.15) is 4.98 Å². The first kappa shape index (κ1) is 13.0. The van der Waals surface area contributed by atoms with Crippen molar-refractivity contribution >= 4 is 11.8 Å². The maximum absolute atomic E-state index is 9.30. The summed E-state index contributed by atoms with van der Waals surface area (Å²) in [5.74, 6) is 1.08. The fourth-order valence-electron chi connectivity index (χ4n) is 2.32. The van der Waals surface area contributed by atoms with E-state index in [4.69, 9.17) is 10.5 Å². The molecule has 1 aliphatic heterocycles. The SMILES string of the molecule is Cc1cnc(N)nc1N1CC(CO)OC(C)(C)C1. The van der Waals surface area contributed by atoms with Gasteiger partial charge in [0.05, 0.1) is 18.3 Å². The lowest BCUT2D eigenvalue weighted by Crippen LogP contribution is -2.54. The van der Waals surface area contributed by atoms with Crippen LogP contribution in [0, 0.1) is 6.92 Å². The molecule has 18 heavy (non-hydrogen) atoms. The molecule has 1 unspecified atom stereocenters. The van der Waals surface area contributed by atoms with Crippen molar-refractivity contribution in [2.45, 2.75) is 32.5 Å². The van der Waals surface area contributed by atoms with Crippen LogP contribution in [-0.2, 0) is 4.74 Å². The highest BCUT2D eigenvalue weighted by molar-refractivity contribution is 5.48. The summed E-state index contributed by atoms with van der Waals surface area (Å²) in [6.07, 6.45) is 1.51. The Hall–Kier alpha value is -1.40. The quantitative estimate of drug-likeness (QED) is 0.789. The number of ether oxygens (including phenoxy) is 1. The second-order valence-corrected chi connectivity index (χ2v) is 5.30. The van der Waals surface area contributed by atoms with Crippen molar-refractivity contribution in [3.8, 4) is 0 Å². The number of aliphatic hydroxyl groups is 1. The molecule has 100 valence electrons. The normalized spacial score (nSPS) is 23.1. The van der Waals surface area contributed by atoms with Gasteiger partial charge >= 0.3 is 0 Å². The number of rotatable bonds is 2. The zero-order valence-electron chi connectivity index (χ0n) is 11.1. The summed E-state index contributed by atoms with van der Waals surface area (Å²) in [4.78, 5) is 10.4. The average Bonchev–Trinajstić information content (AvgIpc) is 2.30. The summed E-state index contributed by atoms with van der Waals surface area (Å²) in [5.41, 5.74) is 6.29. The van der Waals surface area contributed by atoms with E-state index in [1.165, 1.54) is 0 Å². The summed E-state index contributed by atoms with van der Waals surface area (Å²) in [7, 11) is 0. The van der Waals surface area contributed by atoms with Gasteiger partial charge in [0.15, 0.2) is 0 Å². The lowest BCUT2D eigenvalue weighted by atomic mass is 10.0. The highest BCUT2D eigenvalue weighted by Crippen LogP contribution is 2.26. The standard InChI is InChI=1S/C12H20N4O2/c1-8-4-14-11(13)15-10(8)16-5-9(6-17)18-12(2,3)7-16/h4,9,17H,5-7H2,1-3H3,(H2,13,14,15). The molecular weight excluding hydrogens is 232 g/mol. The molecule has 1 aromatic heterocycles. The van der Waals surface area contributed by atoms with Crippen molar-refractivity contribution in [2.75, 3.05) is 30.3 Å². The monoisotopic (exact) mass is 252 g/mol. The fraction of sp³-hybridized carbons (Fsp3) is 0.667. The van der Waals surface area contributed by atoms with Gasteiger partial charge in [0.1, 0.15) is 5.82 Å². The van der Waals surface area contributed by atoms with E-state index in [1.807, 2.05) is 20.8 Å². The van der Waals surface area contributed by atoms with E-state index >= 15 is 0 Å². The van der Waals surface area contributed by atoms with Crippen molar-refractivity contribution in [3.05, 3.63) is 11.8 Å². The van der Waals surface area contributed by atoms with Crippen molar-refractivity contribution in [2.24, 2.45) is 0 Å². The summed E-state index contributed by atoms with van der Waals surface area (Å²) < 4.78 is 5.78. The maximum Gasteiger partial charge on any atom is 0.221 e. The molecule has 1 saturated heterocycles. The molecule has 0 spiro atoms. The Morgan fingerprint density at radius 3 is 3.00 bits per heavy atom. The largest absolute Gasteiger partial charge is 0.394 e. The number of aromatic nitrogens is 2. The molecule has 0 bridgehead atoms. The van der Waals surface area contributed by atoms with Gasteiger partial charge in [-0.15, -0.1) is 0 Å². The fourth-order valence-corrected chi connectivity index (χ4v) is 2.32. The molecule has 1 atom stereocenters. The third-order valence-corrected chi connectivity index (χ3v) is 2.95. The first-order chi connectivity index (χ1) is 8.41. The lowest BCUT2D eigenvalue weighted by Gasteiger charge is -2.43. The van der Waals surface area contributed by atoms with Crippen molar-refractivity contribution < 1.29 is 9.84 Å². The summed E-state index contributed by atoms with van der Waals surface area (Å²) in [6, 6.07) is 0. The van der Waals surface area contributed by atoms with Crippen LogP contribution in [-0.4, -0.2) is 46.5 Å². The molecular formula is C12H20N4O2. The van der Waals surface area contributed by atoms with E-state index in [-0.39, 0.29) is 24.3 Å². The number of aryl methyl sites for hydroxylation is 1. The molecule has 0 radical (unpaired) electrons. The second-order valence-electron chi connectivity index (χ2n) is 5.30. The number of morpholine rings is 1. The Balaban J connectivity index is 2.29. The molecule has 1 aliphatic rings. The number of hydrogen-bond donors (Lipinski definition) is 2. The molecule has 1 aromatic rings. The van der Waals surface area contributed by atoms with Crippen molar-refractivity contribution in [1.29, 1.82) is 0 Å². The minimum atomic E-state index is -0.322. The lowest BCUT2D eigenvalue weighted by molar-refractivity contribution is -0.101. The molecule has 3 N–H and O–H groups in total. The molecule has 1 fully saturated rings. The summed E-state index contributed by atoms with van der Waals surface area (Å²) >= 11 is 0. The van der Waals surface area contributed by atoms with Gasteiger partial charge in [-0.3, -0.25) is 0 Å². The Kier molecular flexibility index (Phi) is 3.41. The van der Waals surface area contributed by atoms with Crippen LogP contribution in [0.4, 0.5) is 11.8 Å². The highest BCUT2D eigenvalue weighted by atomic mass is 16.5. The average molecular weight is 252 g/mol. The van der Waals surface area contributed by atoms with Gasteiger partial charge in [-0.05, 0) is 20.8 Å². The minimum absolute atomic E-state index is 0.000453. The zero-order valence-corrected chi connectivity index (χ0v) is 11.1. The van der Waals surface area contributed by atoms with Gasteiger partial charge in [0, 0.05) is 24.8 Å². The van der Waals surface area contributed by atoms with Crippen molar-refractivity contribution in [1.82, 2.24) is 9.97 Å². The number of nitrogen functional groups attached to an aromatic ring is 1. The third kappa shape index (κ3) is 2.70. The summed E-state index contributed by atoms with van der Waals surface area (Å²) in [5, 5.41) is 9.30. The van der Waals surface area contributed by atoms with E-state index in [9.17, 15) is 5.11 Å². The molecule has 6 nitrogen and oxygen atoms in total. The zero-order chi connectivity index (χ0) is 13.3. The molecule has 0 aromatic carbocycles. The molecule has 2 heterocycles. The van der Waals surface area contributed by atoms with Crippen LogP contribution in [0.15, 0.2) is 6.20 Å². The van der Waals surface area contributed by atoms with E-state index in [0.717, 1.165) is 11.4 Å². The molecule has 0 saturated carbocycles. The van der Waals surface area contributed by atoms with E-state index in [1.54, 1.807) is 6.20 Å². The smallest absolute Gasteiger partial charge is 0.221 e. The number of hydrogen-bond acceptors (Lipinski definition) is 6. The highest BCUT2D eigenvalue weighted by Gasteiger charge is 2.34. The first-order valence-electron chi connectivity index (χ1n) is 6.04. The van der Waals surface area contributed by atoms with E-state index in [0.29, 0.717) is 13.1 Å². The van der Waals surface area contributed by atoms with Crippen LogP contribution in [0.1, 0.15) is 19.4 Å². The predicted molar refractivity (Wildman–Crippen MR) is 69.4 cm³/mol. The Morgan fingerprint density at radius 1 is 1.61 bits per heavy atom.